The second kappa shape index (κ2) is 14.0. The van der Waals surface area contributed by atoms with Crippen molar-refractivity contribution in [1.82, 2.24) is 20.0 Å². The fraction of sp³-hybridized carbons (Fsp3) is 0.429. The summed E-state index contributed by atoms with van der Waals surface area (Å²) in [7, 11) is 3.16. The highest BCUT2D eigenvalue weighted by Gasteiger charge is 2.46. The van der Waals surface area contributed by atoms with Crippen LogP contribution >= 0.6 is 0 Å². The summed E-state index contributed by atoms with van der Waals surface area (Å²) in [5.41, 5.74) is 0.769. The Balaban J connectivity index is 1.66. The molecule has 1 amide bonds. The summed E-state index contributed by atoms with van der Waals surface area (Å²) in [6, 6.07) is 9.02. The number of carbonyl (C=O) groups excluding carboxylic acids is 1. The molecule has 1 atom stereocenters. The van der Waals surface area contributed by atoms with Gasteiger partial charge in [0.05, 0.1) is 34.3 Å². The molecule has 14 nitrogen and oxygen atoms in total. The van der Waals surface area contributed by atoms with Crippen LogP contribution < -0.4 is 24.6 Å². The van der Waals surface area contributed by atoms with E-state index in [1.807, 2.05) is 42.0 Å². The van der Waals surface area contributed by atoms with Crippen LogP contribution in [-0.2, 0) is 14.8 Å². The molecule has 2 aromatic heterocycles. The molecule has 1 unspecified atom stereocenters. The van der Waals surface area contributed by atoms with Gasteiger partial charge >= 0.3 is 0 Å². The van der Waals surface area contributed by atoms with Crippen molar-refractivity contribution in [3.63, 3.8) is 0 Å². The number of hydrogen-bond donors (Lipinski definition) is 3. The number of fused-ring (bicyclic) bond motifs is 2. The van der Waals surface area contributed by atoms with Gasteiger partial charge in [-0.1, -0.05) is 19.9 Å². The van der Waals surface area contributed by atoms with Crippen molar-refractivity contribution in [2.75, 3.05) is 36.6 Å². The predicted octanol–water partition coefficient (Wildman–Crippen LogP) is 5.21. The van der Waals surface area contributed by atoms with Crippen LogP contribution in [0.1, 0.15) is 65.2 Å². The van der Waals surface area contributed by atoms with Crippen LogP contribution in [-0.4, -0.2) is 75.3 Å². The molecule has 0 saturated heterocycles. The quantitative estimate of drug-likeness (QED) is 0.115. The maximum atomic E-state index is 14.3. The average Bonchev–Trinajstić information content (AvgIpc) is 3.52. The van der Waals surface area contributed by atoms with Crippen molar-refractivity contribution < 1.29 is 27.6 Å². The highest BCUT2D eigenvalue weighted by atomic mass is 32.2. The number of carbonyl (C=O) groups is 1. The zero-order valence-electron chi connectivity index (χ0n) is 30.2. The lowest BCUT2D eigenvalue weighted by Gasteiger charge is -2.52. The Hall–Kier alpha value is -4.99. The molecular weight excluding hydrogens is 673 g/mol. The van der Waals surface area contributed by atoms with Crippen molar-refractivity contribution in [2.45, 2.75) is 66.4 Å². The number of sulfonamides is 1. The number of pyridine rings is 1. The number of nitro groups is 1. The standard InChI is InChI=1S/C35H44BN7O7S/c1-9-24(19-27(43(45)46)30-21(3)50-20-29(36)38-30)51(47,48)40-32(44)25-12-11-23(41(8)10-2)18-26(25)42-28-17-22-13-15-37-31(22)39-33(28)49-16-14-34(4,5)35(42,6)7/h9,11-13,15,17-19,29,38H,10,14,16,20H2,1-8H3,(H,37,39)(H,40,44)/b24-9+,27-19+. The number of nitrogens with one attached hydrogen (secondary N) is 3. The van der Waals surface area contributed by atoms with Gasteiger partial charge in [0.1, 0.15) is 24.9 Å². The van der Waals surface area contributed by atoms with Crippen LogP contribution in [0.3, 0.4) is 0 Å². The number of rotatable bonds is 9. The van der Waals surface area contributed by atoms with Crippen LogP contribution in [0.5, 0.6) is 5.88 Å². The minimum absolute atomic E-state index is 0.0530. The maximum absolute atomic E-state index is 14.3. The van der Waals surface area contributed by atoms with E-state index in [1.54, 1.807) is 18.3 Å². The van der Waals surface area contributed by atoms with E-state index >= 15 is 0 Å². The van der Waals surface area contributed by atoms with Gasteiger partial charge in [0.25, 0.3) is 21.6 Å². The number of aromatic amines is 1. The molecule has 0 saturated carbocycles. The lowest BCUT2D eigenvalue weighted by atomic mass is 9.70. The Kier molecular flexibility index (Phi) is 10.2. The topological polar surface area (TPSA) is 172 Å². The Morgan fingerprint density at radius 3 is 2.61 bits per heavy atom. The first-order valence-corrected chi connectivity index (χ1v) is 18.1. The number of anilines is 3. The molecule has 5 rings (SSSR count). The largest absolute Gasteiger partial charge is 0.495 e. The van der Waals surface area contributed by atoms with Crippen molar-refractivity contribution in [3.05, 3.63) is 86.4 Å². The molecule has 0 aliphatic carbocycles. The molecule has 0 fully saturated rings. The Morgan fingerprint density at radius 2 is 1.94 bits per heavy atom. The van der Waals surface area contributed by atoms with Crippen LogP contribution in [0.25, 0.3) is 11.0 Å². The van der Waals surface area contributed by atoms with Gasteiger partial charge in [0, 0.05) is 48.4 Å². The van der Waals surface area contributed by atoms with Crippen LogP contribution in [0.2, 0.25) is 0 Å². The summed E-state index contributed by atoms with van der Waals surface area (Å²) < 4.78 is 41.6. The smallest absolute Gasteiger partial charge is 0.297 e. The number of nitrogens with zero attached hydrogens (tertiary/aromatic N) is 4. The number of H-pyrrole nitrogens is 1. The van der Waals surface area contributed by atoms with Crippen LogP contribution in [0.4, 0.5) is 17.1 Å². The minimum Gasteiger partial charge on any atom is -0.495 e. The zero-order chi connectivity index (χ0) is 37.5. The van der Waals surface area contributed by atoms with E-state index in [0.717, 1.165) is 17.1 Å². The van der Waals surface area contributed by atoms with E-state index in [4.69, 9.17) is 22.3 Å². The first kappa shape index (κ1) is 37.3. The molecule has 51 heavy (non-hydrogen) atoms. The lowest BCUT2D eigenvalue weighted by molar-refractivity contribution is -0.421. The van der Waals surface area contributed by atoms with E-state index in [1.165, 1.54) is 19.9 Å². The fourth-order valence-corrected chi connectivity index (χ4v) is 7.10. The second-order valence-electron chi connectivity index (χ2n) is 13.7. The SMILES string of the molecule is [B]C1COC(C)=C(/C(=C\C(=C/C)S(=O)(=O)NC(=O)c2ccc(N(C)CC)cc2N2c3cc4cc[nH]c4nc3OCCC(C)(C)C2(C)C)[N+](=O)[O-])N1. The van der Waals surface area contributed by atoms with Gasteiger partial charge in [0.2, 0.25) is 5.88 Å². The van der Waals surface area contributed by atoms with Gasteiger partial charge < -0.3 is 29.6 Å². The number of allylic oxidation sites excluding steroid dienone is 3. The molecule has 2 aliphatic heterocycles. The maximum Gasteiger partial charge on any atom is 0.297 e. The van der Waals surface area contributed by atoms with E-state index in [9.17, 15) is 23.3 Å². The lowest BCUT2D eigenvalue weighted by Crippen LogP contribution is -2.54. The van der Waals surface area contributed by atoms with Crippen molar-refractivity contribution in [1.29, 1.82) is 0 Å². The Morgan fingerprint density at radius 1 is 1.22 bits per heavy atom. The van der Waals surface area contributed by atoms with Gasteiger partial charge in [-0.05, 0) is 76.8 Å². The van der Waals surface area contributed by atoms with Crippen molar-refractivity contribution >= 4 is 51.9 Å². The van der Waals surface area contributed by atoms with Gasteiger partial charge in [-0.3, -0.25) is 14.9 Å². The summed E-state index contributed by atoms with van der Waals surface area (Å²) in [4.78, 5) is 37.1. The third kappa shape index (κ3) is 7.14. The number of aromatic nitrogens is 2. The average molecular weight is 718 g/mol. The third-order valence-corrected chi connectivity index (χ3v) is 11.4. The Bertz CT molecular complexity index is 2070. The van der Waals surface area contributed by atoms with Gasteiger partial charge in [-0.2, -0.15) is 4.98 Å². The highest BCUT2D eigenvalue weighted by Crippen LogP contribution is 2.50. The first-order chi connectivity index (χ1) is 23.9. The first-order valence-electron chi connectivity index (χ1n) is 16.6. The minimum atomic E-state index is -4.65. The van der Waals surface area contributed by atoms with E-state index in [2.05, 4.69) is 42.7 Å². The summed E-state index contributed by atoms with van der Waals surface area (Å²) in [5, 5.41) is 15.8. The molecule has 2 aliphatic rings. The van der Waals surface area contributed by atoms with Crippen LogP contribution in [0.15, 0.2) is 70.7 Å². The zero-order valence-corrected chi connectivity index (χ0v) is 31.0. The van der Waals surface area contributed by atoms with Crippen molar-refractivity contribution in [3.8, 4) is 5.88 Å². The van der Waals surface area contributed by atoms with E-state index in [-0.39, 0.29) is 23.6 Å². The molecule has 0 bridgehead atoms. The fourth-order valence-electron chi connectivity index (χ4n) is 6.05. The molecule has 0 spiro atoms. The summed E-state index contributed by atoms with van der Waals surface area (Å²) >= 11 is 0. The molecular formula is C35H44BN7O7S. The molecule has 2 radical (unpaired) electrons. The summed E-state index contributed by atoms with van der Waals surface area (Å²) in [5.74, 6) is -1.15. The molecule has 4 heterocycles. The monoisotopic (exact) mass is 717 g/mol. The summed E-state index contributed by atoms with van der Waals surface area (Å²) in [6.45, 7) is 14.5. The molecule has 3 aromatic rings. The van der Waals surface area contributed by atoms with Gasteiger partial charge in [-0.25, -0.2) is 13.1 Å². The second-order valence-corrected chi connectivity index (χ2v) is 15.4. The molecule has 3 N–H and O–H groups in total. The van der Waals surface area contributed by atoms with Gasteiger partial charge in [0.15, 0.2) is 5.70 Å². The van der Waals surface area contributed by atoms with E-state index in [0.29, 0.717) is 42.5 Å². The number of ether oxygens (including phenoxy) is 2. The van der Waals surface area contributed by atoms with Crippen LogP contribution in [0, 0.1) is 15.5 Å². The number of hydrogen-bond acceptors (Lipinski definition) is 11. The third-order valence-electron chi connectivity index (χ3n) is 10.00. The number of benzene rings is 1. The number of amides is 1. The molecule has 16 heteroatoms. The van der Waals surface area contributed by atoms with Gasteiger partial charge in [-0.15, -0.1) is 0 Å². The highest BCUT2D eigenvalue weighted by molar-refractivity contribution is 7.94. The predicted molar refractivity (Wildman–Crippen MR) is 198 cm³/mol. The Labute approximate surface area is 299 Å². The molecule has 1 aromatic carbocycles. The normalized spacial score (nSPS) is 19.2. The van der Waals surface area contributed by atoms with E-state index < -0.39 is 48.4 Å². The summed E-state index contributed by atoms with van der Waals surface area (Å²) in [6.07, 6.45) is 4.48. The molecule has 270 valence electrons. The van der Waals surface area contributed by atoms with Crippen molar-refractivity contribution in [2.24, 2.45) is 5.41 Å².